The lowest BCUT2D eigenvalue weighted by Gasteiger charge is -2.07. The molecular formula is C10H18N4O3. The van der Waals surface area contributed by atoms with E-state index in [0.717, 1.165) is 6.42 Å². The van der Waals surface area contributed by atoms with Gasteiger partial charge in [0.2, 0.25) is 5.84 Å². The molecule has 0 saturated heterocycles. The first kappa shape index (κ1) is 13.5. The molecule has 0 aliphatic rings. The lowest BCUT2D eigenvalue weighted by atomic mass is 10.5. The smallest absolute Gasteiger partial charge is 0.206 e. The van der Waals surface area contributed by atoms with E-state index in [4.69, 9.17) is 20.4 Å². The summed E-state index contributed by atoms with van der Waals surface area (Å²) >= 11 is 0. The van der Waals surface area contributed by atoms with Crippen molar-refractivity contribution in [2.75, 3.05) is 26.9 Å². The predicted octanol–water partition coefficient (Wildman–Crippen LogP) is 0.0307. The van der Waals surface area contributed by atoms with Gasteiger partial charge in [0.15, 0.2) is 5.82 Å². The molecule has 0 aliphatic heterocycles. The second-order valence-corrected chi connectivity index (χ2v) is 3.39. The van der Waals surface area contributed by atoms with E-state index < -0.39 is 0 Å². The molecule has 17 heavy (non-hydrogen) atoms. The highest BCUT2D eigenvalue weighted by Crippen LogP contribution is 1.97. The van der Waals surface area contributed by atoms with Crippen LogP contribution in [0.3, 0.4) is 0 Å². The molecule has 0 amide bonds. The zero-order valence-corrected chi connectivity index (χ0v) is 9.87. The highest BCUT2D eigenvalue weighted by atomic mass is 16.5. The molecule has 3 N–H and O–H groups in total. The maximum absolute atomic E-state index is 8.56. The second kappa shape index (κ2) is 7.64. The van der Waals surface area contributed by atoms with Crippen LogP contribution in [0.25, 0.3) is 0 Å². The summed E-state index contributed by atoms with van der Waals surface area (Å²) in [6.07, 6.45) is 4.22. The molecule has 0 bridgehead atoms. The fourth-order valence-electron chi connectivity index (χ4n) is 1.34. The van der Waals surface area contributed by atoms with Crippen molar-refractivity contribution in [3.05, 3.63) is 18.2 Å². The molecule has 7 heteroatoms. The van der Waals surface area contributed by atoms with Crippen LogP contribution in [0, 0.1) is 0 Å². The van der Waals surface area contributed by atoms with Gasteiger partial charge in [0.05, 0.1) is 6.61 Å². The minimum Gasteiger partial charge on any atom is -0.409 e. The Hall–Kier alpha value is -1.60. The van der Waals surface area contributed by atoms with Crippen LogP contribution in [0.15, 0.2) is 17.5 Å². The Morgan fingerprint density at radius 2 is 2.35 bits per heavy atom. The first-order chi connectivity index (χ1) is 8.29. The monoisotopic (exact) mass is 242 g/mol. The molecule has 0 fully saturated rings. The number of nitrogens with two attached hydrogens (primary N) is 1. The van der Waals surface area contributed by atoms with Gasteiger partial charge in [0.1, 0.15) is 0 Å². The minimum atomic E-state index is -0.00520. The van der Waals surface area contributed by atoms with Gasteiger partial charge in [0, 0.05) is 39.3 Å². The van der Waals surface area contributed by atoms with Crippen molar-refractivity contribution in [2.24, 2.45) is 10.9 Å². The Kier molecular flexibility index (Phi) is 6.05. The topological polar surface area (TPSA) is 94.9 Å². The van der Waals surface area contributed by atoms with Crippen LogP contribution in [0.4, 0.5) is 0 Å². The maximum atomic E-state index is 8.56. The van der Waals surface area contributed by atoms with Gasteiger partial charge >= 0.3 is 0 Å². The fourth-order valence-corrected chi connectivity index (χ4v) is 1.34. The molecule has 0 saturated carbocycles. The van der Waals surface area contributed by atoms with E-state index in [1.165, 1.54) is 0 Å². The van der Waals surface area contributed by atoms with Crippen LogP contribution >= 0.6 is 0 Å². The molecule has 1 heterocycles. The zero-order valence-electron chi connectivity index (χ0n) is 9.87. The number of ether oxygens (including phenoxy) is 2. The fraction of sp³-hybridized carbons (Fsp3) is 0.600. The molecule has 0 radical (unpaired) electrons. The quantitative estimate of drug-likeness (QED) is 0.220. The summed E-state index contributed by atoms with van der Waals surface area (Å²) in [5.74, 6) is 0.433. The van der Waals surface area contributed by atoms with Crippen LogP contribution in [-0.2, 0) is 16.0 Å². The Bertz CT molecular complexity index is 351. The van der Waals surface area contributed by atoms with Crippen LogP contribution in [0.1, 0.15) is 12.2 Å². The number of amidine groups is 1. The third kappa shape index (κ3) is 4.41. The van der Waals surface area contributed by atoms with Gasteiger partial charge < -0.3 is 25.0 Å². The molecule has 0 aromatic carbocycles. The molecule has 7 nitrogen and oxygen atoms in total. The highest BCUT2D eigenvalue weighted by molar-refractivity contribution is 5.93. The molecule has 1 aromatic heterocycles. The summed E-state index contributed by atoms with van der Waals surface area (Å²) in [4.78, 5) is 3.99. The first-order valence-electron chi connectivity index (χ1n) is 5.35. The number of imidazole rings is 1. The first-order valence-corrected chi connectivity index (χ1v) is 5.35. The Balaban J connectivity index is 2.30. The molecule has 1 rings (SSSR count). The van der Waals surface area contributed by atoms with Crippen LogP contribution < -0.4 is 5.73 Å². The molecule has 0 spiro atoms. The Morgan fingerprint density at radius 1 is 1.53 bits per heavy atom. The molecule has 96 valence electrons. The van der Waals surface area contributed by atoms with Gasteiger partial charge in [-0.1, -0.05) is 5.16 Å². The number of aromatic nitrogens is 2. The maximum Gasteiger partial charge on any atom is 0.206 e. The van der Waals surface area contributed by atoms with Gasteiger partial charge in [-0.2, -0.15) is 0 Å². The van der Waals surface area contributed by atoms with Gasteiger partial charge in [-0.3, -0.25) is 0 Å². The number of nitrogens with zero attached hydrogens (tertiary/aromatic N) is 3. The van der Waals surface area contributed by atoms with Crippen LogP contribution in [0.2, 0.25) is 0 Å². The minimum absolute atomic E-state index is 0.00520. The Morgan fingerprint density at radius 3 is 3.06 bits per heavy atom. The van der Waals surface area contributed by atoms with E-state index >= 15 is 0 Å². The third-order valence-electron chi connectivity index (χ3n) is 2.17. The largest absolute Gasteiger partial charge is 0.409 e. The molecule has 1 aromatic rings. The summed E-state index contributed by atoms with van der Waals surface area (Å²) in [5, 5.41) is 11.5. The normalized spacial score (nSPS) is 11.9. The van der Waals surface area contributed by atoms with Crippen LogP contribution in [0.5, 0.6) is 0 Å². The van der Waals surface area contributed by atoms with Crippen molar-refractivity contribution in [2.45, 2.75) is 13.0 Å². The van der Waals surface area contributed by atoms with Crippen molar-refractivity contribution in [1.29, 1.82) is 0 Å². The molecule has 0 unspecified atom stereocenters. The number of rotatable bonds is 8. The van der Waals surface area contributed by atoms with E-state index in [2.05, 4.69) is 10.1 Å². The van der Waals surface area contributed by atoms with E-state index in [1.54, 1.807) is 24.1 Å². The summed E-state index contributed by atoms with van der Waals surface area (Å²) in [7, 11) is 1.66. The number of hydrogen-bond donors (Lipinski definition) is 2. The second-order valence-electron chi connectivity index (χ2n) is 3.39. The van der Waals surface area contributed by atoms with E-state index in [0.29, 0.717) is 32.2 Å². The summed E-state index contributed by atoms with van der Waals surface area (Å²) < 4.78 is 12.1. The van der Waals surface area contributed by atoms with Crippen molar-refractivity contribution < 1.29 is 14.7 Å². The summed E-state index contributed by atoms with van der Waals surface area (Å²) in [6, 6.07) is 0. The predicted molar refractivity (Wildman–Crippen MR) is 62.0 cm³/mol. The van der Waals surface area contributed by atoms with Crippen LogP contribution in [-0.4, -0.2) is 47.5 Å². The Labute approximate surface area is 99.8 Å². The average Bonchev–Trinajstić information content (AvgIpc) is 2.81. The van der Waals surface area contributed by atoms with Gasteiger partial charge in [-0.15, -0.1) is 0 Å². The zero-order chi connectivity index (χ0) is 12.5. The molecule has 0 aliphatic carbocycles. The van der Waals surface area contributed by atoms with Crippen molar-refractivity contribution in [3.63, 3.8) is 0 Å². The number of hydrogen-bond acceptors (Lipinski definition) is 5. The van der Waals surface area contributed by atoms with E-state index in [-0.39, 0.29) is 5.84 Å². The van der Waals surface area contributed by atoms with Gasteiger partial charge in [0.25, 0.3) is 0 Å². The third-order valence-corrected chi connectivity index (χ3v) is 2.17. The highest BCUT2D eigenvalue weighted by Gasteiger charge is 2.06. The standard InChI is InChI=1S/C10H18N4O3/c1-16-6-2-7-17-8-5-14-4-3-12-10(14)9(11)13-15/h3-4,15H,2,5-8H2,1H3,(H2,11,13). The van der Waals surface area contributed by atoms with Gasteiger partial charge in [-0.25, -0.2) is 4.98 Å². The lowest BCUT2D eigenvalue weighted by molar-refractivity contribution is 0.0976. The molecule has 0 atom stereocenters. The lowest BCUT2D eigenvalue weighted by Crippen LogP contribution is -2.20. The van der Waals surface area contributed by atoms with E-state index in [9.17, 15) is 0 Å². The number of methoxy groups -OCH3 is 1. The summed E-state index contributed by atoms with van der Waals surface area (Å²) in [5.41, 5.74) is 5.47. The van der Waals surface area contributed by atoms with Gasteiger partial charge in [-0.05, 0) is 6.42 Å². The summed E-state index contributed by atoms with van der Waals surface area (Å²) in [6.45, 7) is 2.51. The van der Waals surface area contributed by atoms with Crippen molar-refractivity contribution in [3.8, 4) is 0 Å². The van der Waals surface area contributed by atoms with E-state index in [1.807, 2.05) is 0 Å². The average molecular weight is 242 g/mol. The van der Waals surface area contributed by atoms with Crippen molar-refractivity contribution >= 4 is 5.84 Å². The SMILES string of the molecule is COCCCOCCn1ccnc1/C(N)=N/O. The van der Waals surface area contributed by atoms with Crippen molar-refractivity contribution in [1.82, 2.24) is 9.55 Å². The number of oxime groups is 1. The molecular weight excluding hydrogens is 224 g/mol.